The number of benzene rings is 1. The zero-order chi connectivity index (χ0) is 12.8. The highest BCUT2D eigenvalue weighted by atomic mass is 14.3. The second-order valence-electron chi connectivity index (χ2n) is 5.32. The molecule has 1 aromatic carbocycles. The van der Waals surface area contributed by atoms with Gasteiger partial charge in [-0.2, -0.15) is 5.26 Å². The van der Waals surface area contributed by atoms with Gasteiger partial charge in [0.2, 0.25) is 0 Å². The van der Waals surface area contributed by atoms with E-state index in [1.807, 2.05) is 18.2 Å². The average molecular weight is 241 g/mol. The average Bonchev–Trinajstić information content (AvgIpc) is 2.46. The minimum absolute atomic E-state index is 0. The first-order valence-corrected chi connectivity index (χ1v) is 6.94. The van der Waals surface area contributed by atoms with Crippen molar-refractivity contribution in [1.29, 1.82) is 5.26 Å². The zero-order valence-electron chi connectivity index (χ0n) is 10.9. The molecule has 0 amide bonds. The lowest BCUT2D eigenvalue weighted by molar-refractivity contribution is 0.312. The standard InChI is InChI=1S/C17H21N.H2/c1-2-3-4-14-5-9-16(10-6-14)17-11-7-15(13-18)8-12-17;/h2,7-8,11-12,14,16H,1,3-6,9-10H2;1H. The Balaban J connectivity index is 0.00000180. The molecule has 1 heteroatoms. The maximum Gasteiger partial charge on any atom is 0.0991 e. The second kappa shape index (κ2) is 6.40. The Labute approximate surface area is 112 Å². The molecular formula is C17H23N. The van der Waals surface area contributed by atoms with Crippen LogP contribution in [-0.2, 0) is 0 Å². The quantitative estimate of drug-likeness (QED) is 0.677. The second-order valence-corrected chi connectivity index (χ2v) is 5.32. The van der Waals surface area contributed by atoms with Gasteiger partial charge >= 0.3 is 0 Å². The van der Waals surface area contributed by atoms with Crippen LogP contribution < -0.4 is 0 Å². The van der Waals surface area contributed by atoms with Crippen LogP contribution in [0.1, 0.15) is 57.0 Å². The summed E-state index contributed by atoms with van der Waals surface area (Å²) in [5.41, 5.74) is 2.18. The smallest absolute Gasteiger partial charge is 0.0991 e. The molecule has 0 saturated heterocycles. The number of rotatable bonds is 4. The van der Waals surface area contributed by atoms with Crippen LogP contribution in [0, 0.1) is 17.2 Å². The van der Waals surface area contributed by atoms with Gasteiger partial charge in [-0.15, -0.1) is 6.58 Å². The van der Waals surface area contributed by atoms with Crippen molar-refractivity contribution in [3.05, 3.63) is 48.0 Å². The Morgan fingerprint density at radius 1 is 1.22 bits per heavy atom. The van der Waals surface area contributed by atoms with E-state index in [1.54, 1.807) is 0 Å². The van der Waals surface area contributed by atoms with E-state index in [9.17, 15) is 0 Å². The fraction of sp³-hybridized carbons (Fsp3) is 0.471. The van der Waals surface area contributed by atoms with Gasteiger partial charge in [0.1, 0.15) is 0 Å². The van der Waals surface area contributed by atoms with Crippen LogP contribution in [0.4, 0.5) is 0 Å². The van der Waals surface area contributed by atoms with E-state index in [-0.39, 0.29) is 1.43 Å². The molecule has 0 bridgehead atoms. The fourth-order valence-electron chi connectivity index (χ4n) is 2.97. The Morgan fingerprint density at radius 2 is 1.89 bits per heavy atom. The van der Waals surface area contributed by atoms with E-state index in [1.165, 1.54) is 37.7 Å². The predicted octanol–water partition coefficient (Wildman–Crippen LogP) is 5.04. The monoisotopic (exact) mass is 241 g/mol. The van der Waals surface area contributed by atoms with E-state index < -0.39 is 0 Å². The molecule has 1 aliphatic rings. The minimum atomic E-state index is 0. The van der Waals surface area contributed by atoms with Gasteiger partial charge in [0.15, 0.2) is 0 Å². The topological polar surface area (TPSA) is 23.8 Å². The summed E-state index contributed by atoms with van der Waals surface area (Å²) >= 11 is 0. The van der Waals surface area contributed by atoms with Crippen molar-refractivity contribution in [1.82, 2.24) is 0 Å². The van der Waals surface area contributed by atoms with E-state index in [2.05, 4.69) is 24.8 Å². The molecule has 0 aromatic heterocycles. The molecule has 0 unspecified atom stereocenters. The molecule has 96 valence electrons. The lowest BCUT2D eigenvalue weighted by Gasteiger charge is -2.28. The maximum atomic E-state index is 8.80. The van der Waals surface area contributed by atoms with Gasteiger partial charge in [0.05, 0.1) is 11.6 Å². The predicted molar refractivity (Wildman–Crippen MR) is 77.4 cm³/mol. The highest BCUT2D eigenvalue weighted by molar-refractivity contribution is 5.33. The van der Waals surface area contributed by atoms with Crippen LogP contribution in [0.15, 0.2) is 36.9 Å². The zero-order valence-corrected chi connectivity index (χ0v) is 10.9. The van der Waals surface area contributed by atoms with E-state index in [0.29, 0.717) is 5.92 Å². The van der Waals surface area contributed by atoms with Gasteiger partial charge < -0.3 is 0 Å². The largest absolute Gasteiger partial charge is 0.192 e. The molecule has 0 heterocycles. The van der Waals surface area contributed by atoms with Gasteiger partial charge in [0, 0.05) is 1.43 Å². The summed E-state index contributed by atoms with van der Waals surface area (Å²) in [6, 6.07) is 10.3. The molecule has 18 heavy (non-hydrogen) atoms. The molecule has 0 spiro atoms. The van der Waals surface area contributed by atoms with Gasteiger partial charge in [-0.1, -0.05) is 18.2 Å². The molecule has 1 aromatic rings. The summed E-state index contributed by atoms with van der Waals surface area (Å²) in [6.07, 6.45) is 9.79. The maximum absolute atomic E-state index is 8.80. The first kappa shape index (κ1) is 12.9. The Bertz CT molecular complexity index is 422. The van der Waals surface area contributed by atoms with E-state index in [0.717, 1.165) is 17.9 Å². The normalized spacial score (nSPS) is 23.3. The summed E-state index contributed by atoms with van der Waals surface area (Å²) < 4.78 is 0. The van der Waals surface area contributed by atoms with Crippen LogP contribution in [0.3, 0.4) is 0 Å². The number of nitrogens with zero attached hydrogens (tertiary/aromatic N) is 1. The summed E-state index contributed by atoms with van der Waals surface area (Å²) in [4.78, 5) is 0. The summed E-state index contributed by atoms with van der Waals surface area (Å²) in [5.74, 6) is 1.61. The number of hydrogen-bond donors (Lipinski definition) is 0. The van der Waals surface area contributed by atoms with Gasteiger partial charge in [-0.05, 0) is 68.1 Å². The van der Waals surface area contributed by atoms with Crippen LogP contribution in [0.2, 0.25) is 0 Å². The van der Waals surface area contributed by atoms with Crippen molar-refractivity contribution in [3.63, 3.8) is 0 Å². The van der Waals surface area contributed by atoms with Gasteiger partial charge in [0.25, 0.3) is 0 Å². The van der Waals surface area contributed by atoms with Crippen molar-refractivity contribution in [2.24, 2.45) is 5.92 Å². The number of hydrogen-bond acceptors (Lipinski definition) is 1. The van der Waals surface area contributed by atoms with Crippen LogP contribution in [0.5, 0.6) is 0 Å². The van der Waals surface area contributed by atoms with Gasteiger partial charge in [-0.3, -0.25) is 0 Å². The molecule has 1 nitrogen and oxygen atoms in total. The first-order chi connectivity index (χ1) is 8.83. The highest BCUT2D eigenvalue weighted by Gasteiger charge is 2.21. The van der Waals surface area contributed by atoms with E-state index in [4.69, 9.17) is 5.26 Å². The van der Waals surface area contributed by atoms with Crippen molar-refractivity contribution in [3.8, 4) is 6.07 Å². The molecule has 0 atom stereocenters. The summed E-state index contributed by atoms with van der Waals surface area (Å²) in [5, 5.41) is 8.80. The SMILES string of the molecule is C=CCCC1CCC(c2ccc(C#N)cc2)CC1.[HH]. The lowest BCUT2D eigenvalue weighted by Crippen LogP contribution is -2.13. The minimum Gasteiger partial charge on any atom is -0.192 e. The summed E-state index contributed by atoms with van der Waals surface area (Å²) in [7, 11) is 0. The van der Waals surface area contributed by atoms with Crippen molar-refractivity contribution in [2.75, 3.05) is 0 Å². The third-order valence-corrected chi connectivity index (χ3v) is 4.14. The number of nitriles is 1. The third kappa shape index (κ3) is 3.23. The third-order valence-electron chi connectivity index (χ3n) is 4.14. The molecule has 1 saturated carbocycles. The molecule has 1 fully saturated rings. The molecule has 0 aliphatic heterocycles. The molecule has 1 aliphatic carbocycles. The Morgan fingerprint density at radius 3 is 2.44 bits per heavy atom. The van der Waals surface area contributed by atoms with Crippen molar-refractivity contribution < 1.29 is 1.43 Å². The van der Waals surface area contributed by atoms with Crippen LogP contribution in [-0.4, -0.2) is 0 Å². The molecular weight excluding hydrogens is 218 g/mol. The molecule has 0 N–H and O–H groups in total. The first-order valence-electron chi connectivity index (χ1n) is 6.94. The van der Waals surface area contributed by atoms with E-state index >= 15 is 0 Å². The van der Waals surface area contributed by atoms with Crippen molar-refractivity contribution >= 4 is 0 Å². The van der Waals surface area contributed by atoms with Crippen LogP contribution in [0.25, 0.3) is 0 Å². The van der Waals surface area contributed by atoms with Gasteiger partial charge in [-0.25, -0.2) is 0 Å². The summed E-state index contributed by atoms with van der Waals surface area (Å²) in [6.45, 7) is 3.80. The highest BCUT2D eigenvalue weighted by Crippen LogP contribution is 2.37. The molecule has 0 radical (unpaired) electrons. The number of allylic oxidation sites excluding steroid dienone is 1. The fourth-order valence-corrected chi connectivity index (χ4v) is 2.97. The lowest BCUT2D eigenvalue weighted by atomic mass is 9.77. The molecule has 2 rings (SSSR count). The Hall–Kier alpha value is -1.55. The Kier molecular flexibility index (Phi) is 4.59. The van der Waals surface area contributed by atoms with Crippen molar-refractivity contribution in [2.45, 2.75) is 44.4 Å². The van der Waals surface area contributed by atoms with Crippen LogP contribution >= 0.6 is 0 Å².